The van der Waals surface area contributed by atoms with Crippen LogP contribution >= 0.6 is 0 Å². The van der Waals surface area contributed by atoms with Crippen molar-refractivity contribution >= 4 is 5.91 Å². The van der Waals surface area contributed by atoms with Crippen molar-refractivity contribution < 1.29 is 14.3 Å². The minimum atomic E-state index is -0.183. The van der Waals surface area contributed by atoms with E-state index in [1.807, 2.05) is 39.0 Å². The van der Waals surface area contributed by atoms with Crippen LogP contribution in [0.25, 0.3) is 0 Å². The molecule has 0 aliphatic rings. The summed E-state index contributed by atoms with van der Waals surface area (Å²) in [5, 5.41) is 7.07. The van der Waals surface area contributed by atoms with E-state index in [9.17, 15) is 4.79 Å². The Balaban J connectivity index is 1.82. The van der Waals surface area contributed by atoms with Crippen LogP contribution in [-0.2, 0) is 11.5 Å². The molecule has 0 fully saturated rings. The molecule has 1 aromatic heterocycles. The van der Waals surface area contributed by atoms with Gasteiger partial charge >= 0.3 is 0 Å². The van der Waals surface area contributed by atoms with Gasteiger partial charge in [-0.15, -0.1) is 0 Å². The molecular weight excluding hydrogens is 306 g/mol. The molecule has 0 saturated carbocycles. The quantitative estimate of drug-likeness (QED) is 0.718. The Hall–Kier alpha value is -2.34. The largest absolute Gasteiger partial charge is 0.471 e. The lowest BCUT2D eigenvalue weighted by atomic mass is 10.1. The third kappa shape index (κ3) is 5.38. The minimum absolute atomic E-state index is 0.183. The number of hydrogen-bond donors (Lipinski definition) is 1. The highest BCUT2D eigenvalue weighted by atomic mass is 16.5. The van der Waals surface area contributed by atoms with Gasteiger partial charge in [0.15, 0.2) is 6.73 Å². The highest BCUT2D eigenvalue weighted by molar-refractivity contribution is 5.92. The summed E-state index contributed by atoms with van der Waals surface area (Å²) in [5.74, 6) is 0.643. The molecule has 0 saturated heterocycles. The number of carbonyl (C=O) groups is 1. The average Bonchev–Trinajstić information content (AvgIpc) is 3.04. The second kappa shape index (κ2) is 9.08. The molecule has 0 atom stereocenters. The molecule has 24 heavy (non-hydrogen) atoms. The molecule has 1 aromatic carbocycles. The number of rotatable bonds is 9. The second-order valence-corrected chi connectivity index (χ2v) is 5.59. The maximum atomic E-state index is 12.0. The minimum Gasteiger partial charge on any atom is -0.471 e. The third-order valence-electron chi connectivity index (χ3n) is 3.52. The van der Waals surface area contributed by atoms with Gasteiger partial charge in [-0.1, -0.05) is 12.1 Å². The van der Waals surface area contributed by atoms with Gasteiger partial charge in [-0.2, -0.15) is 5.10 Å². The van der Waals surface area contributed by atoms with Crippen LogP contribution in [0.2, 0.25) is 0 Å². The number of nitrogens with one attached hydrogen (secondary N) is 1. The van der Waals surface area contributed by atoms with Gasteiger partial charge in [0.25, 0.3) is 5.91 Å². The Morgan fingerprint density at radius 3 is 2.92 bits per heavy atom. The van der Waals surface area contributed by atoms with Crippen molar-refractivity contribution in [2.24, 2.45) is 0 Å². The first-order chi connectivity index (χ1) is 11.6. The van der Waals surface area contributed by atoms with E-state index in [4.69, 9.17) is 9.47 Å². The topological polar surface area (TPSA) is 65.4 Å². The van der Waals surface area contributed by atoms with Crippen LogP contribution in [0, 0.1) is 13.8 Å². The van der Waals surface area contributed by atoms with Crippen LogP contribution in [0.3, 0.4) is 0 Å². The van der Waals surface area contributed by atoms with E-state index in [2.05, 4.69) is 10.4 Å². The van der Waals surface area contributed by atoms with Gasteiger partial charge in [0.05, 0.1) is 0 Å². The Morgan fingerprint density at radius 2 is 2.12 bits per heavy atom. The number of benzene rings is 1. The normalized spacial score (nSPS) is 10.6. The van der Waals surface area contributed by atoms with E-state index in [1.165, 1.54) is 0 Å². The molecule has 1 N–H and O–H groups in total. The molecule has 0 bridgehead atoms. The maximum absolute atomic E-state index is 12.0. The maximum Gasteiger partial charge on any atom is 0.271 e. The van der Waals surface area contributed by atoms with Crippen molar-refractivity contribution in [3.05, 3.63) is 47.3 Å². The summed E-state index contributed by atoms with van der Waals surface area (Å²) in [7, 11) is 0. The zero-order valence-corrected chi connectivity index (χ0v) is 14.5. The van der Waals surface area contributed by atoms with E-state index in [0.29, 0.717) is 25.5 Å². The van der Waals surface area contributed by atoms with Crippen molar-refractivity contribution in [2.45, 2.75) is 33.9 Å². The monoisotopic (exact) mass is 331 g/mol. The molecule has 1 heterocycles. The fourth-order valence-electron chi connectivity index (χ4n) is 2.16. The smallest absolute Gasteiger partial charge is 0.271 e. The highest BCUT2D eigenvalue weighted by Crippen LogP contribution is 2.19. The predicted octanol–water partition coefficient (Wildman–Crippen LogP) is 2.69. The summed E-state index contributed by atoms with van der Waals surface area (Å²) in [6, 6.07) is 7.74. The van der Waals surface area contributed by atoms with Gasteiger partial charge in [-0.05, 0) is 50.5 Å². The average molecular weight is 331 g/mol. The summed E-state index contributed by atoms with van der Waals surface area (Å²) in [5.41, 5.74) is 2.60. The Morgan fingerprint density at radius 1 is 1.29 bits per heavy atom. The molecule has 0 radical (unpaired) electrons. The van der Waals surface area contributed by atoms with Crippen LogP contribution in [0.1, 0.15) is 35.0 Å². The molecule has 6 nitrogen and oxygen atoms in total. The van der Waals surface area contributed by atoms with E-state index in [1.54, 1.807) is 16.9 Å². The number of amides is 1. The van der Waals surface area contributed by atoms with Gasteiger partial charge in [0.1, 0.15) is 11.4 Å². The lowest BCUT2D eigenvalue weighted by Gasteiger charge is -2.09. The highest BCUT2D eigenvalue weighted by Gasteiger charge is 2.09. The first-order valence-electron chi connectivity index (χ1n) is 8.19. The Bertz CT molecular complexity index is 667. The van der Waals surface area contributed by atoms with E-state index in [-0.39, 0.29) is 12.6 Å². The summed E-state index contributed by atoms with van der Waals surface area (Å²) in [6.07, 6.45) is 2.52. The molecule has 6 heteroatoms. The third-order valence-corrected chi connectivity index (χ3v) is 3.52. The van der Waals surface area contributed by atoms with Crippen LogP contribution in [-0.4, -0.2) is 35.4 Å². The first kappa shape index (κ1) is 18.0. The van der Waals surface area contributed by atoms with Crippen molar-refractivity contribution in [1.82, 2.24) is 15.1 Å². The Kier molecular flexibility index (Phi) is 6.81. The molecule has 1 amide bonds. The standard InChI is InChI=1S/C18H25N3O3/c1-4-23-11-5-9-19-18(22)16-8-10-21(20-16)13-24-17-12-14(2)6-7-15(17)3/h6-8,10,12H,4-5,9,11,13H2,1-3H3,(H,19,22). The molecule has 2 aromatic rings. The number of nitrogens with zero attached hydrogens (tertiary/aromatic N) is 2. The van der Waals surface area contributed by atoms with Crippen LogP contribution < -0.4 is 10.1 Å². The lowest BCUT2D eigenvalue weighted by Crippen LogP contribution is -2.26. The fourth-order valence-corrected chi connectivity index (χ4v) is 2.16. The summed E-state index contributed by atoms with van der Waals surface area (Å²) in [4.78, 5) is 12.0. The predicted molar refractivity (Wildman–Crippen MR) is 92.2 cm³/mol. The van der Waals surface area contributed by atoms with Gasteiger partial charge in [0, 0.05) is 26.0 Å². The van der Waals surface area contributed by atoms with E-state index in [0.717, 1.165) is 23.3 Å². The van der Waals surface area contributed by atoms with Gasteiger partial charge < -0.3 is 14.8 Å². The van der Waals surface area contributed by atoms with Crippen molar-refractivity contribution in [3.63, 3.8) is 0 Å². The van der Waals surface area contributed by atoms with Gasteiger partial charge in [-0.25, -0.2) is 4.68 Å². The van der Waals surface area contributed by atoms with Crippen LogP contribution in [0.5, 0.6) is 5.75 Å². The van der Waals surface area contributed by atoms with Crippen molar-refractivity contribution in [2.75, 3.05) is 19.8 Å². The van der Waals surface area contributed by atoms with Crippen molar-refractivity contribution in [3.8, 4) is 5.75 Å². The zero-order chi connectivity index (χ0) is 17.4. The zero-order valence-electron chi connectivity index (χ0n) is 14.5. The molecule has 2 rings (SSSR count). The van der Waals surface area contributed by atoms with E-state index < -0.39 is 0 Å². The molecule has 0 aliphatic carbocycles. The molecule has 0 unspecified atom stereocenters. The molecule has 0 aliphatic heterocycles. The number of hydrogen-bond acceptors (Lipinski definition) is 4. The summed E-state index contributed by atoms with van der Waals surface area (Å²) >= 11 is 0. The Labute approximate surface area is 142 Å². The number of aryl methyl sites for hydroxylation is 2. The lowest BCUT2D eigenvalue weighted by molar-refractivity contribution is 0.0937. The SMILES string of the molecule is CCOCCCNC(=O)c1ccn(COc2cc(C)ccc2C)n1. The van der Waals surface area contributed by atoms with Gasteiger partial charge in [-0.3, -0.25) is 4.79 Å². The number of carbonyl (C=O) groups excluding carboxylic acids is 1. The van der Waals surface area contributed by atoms with Gasteiger partial charge in [0.2, 0.25) is 0 Å². The van der Waals surface area contributed by atoms with E-state index >= 15 is 0 Å². The van der Waals surface area contributed by atoms with Crippen LogP contribution in [0.4, 0.5) is 0 Å². The van der Waals surface area contributed by atoms with Crippen LogP contribution in [0.15, 0.2) is 30.5 Å². The number of ether oxygens (including phenoxy) is 2. The second-order valence-electron chi connectivity index (χ2n) is 5.59. The molecule has 0 spiro atoms. The summed E-state index contributed by atoms with van der Waals surface area (Å²) in [6.45, 7) is 8.15. The molecule has 130 valence electrons. The fraction of sp³-hybridized carbons (Fsp3) is 0.444. The van der Waals surface area contributed by atoms with Crippen molar-refractivity contribution in [1.29, 1.82) is 0 Å². The molecular formula is C18H25N3O3. The number of aromatic nitrogens is 2. The summed E-state index contributed by atoms with van der Waals surface area (Å²) < 4.78 is 12.6. The first-order valence-corrected chi connectivity index (χ1v) is 8.19.